The summed E-state index contributed by atoms with van der Waals surface area (Å²) in [6.07, 6.45) is 2.37. The van der Waals surface area contributed by atoms with Gasteiger partial charge in [-0.3, -0.25) is 0 Å². The Hall–Kier alpha value is -0.860. The van der Waals surface area contributed by atoms with Crippen LogP contribution in [0.15, 0.2) is 30.3 Å². The van der Waals surface area contributed by atoms with Crippen molar-refractivity contribution in [3.05, 3.63) is 35.9 Å². The first kappa shape index (κ1) is 13.2. The molecule has 0 radical (unpaired) electrons. The van der Waals surface area contributed by atoms with Crippen LogP contribution in [0.1, 0.15) is 25.3 Å². The minimum absolute atomic E-state index is 0.739. The number of hydrogen-bond donors (Lipinski definition) is 1. The van der Waals surface area contributed by atoms with Crippen molar-refractivity contribution in [3.63, 3.8) is 0 Å². The summed E-state index contributed by atoms with van der Waals surface area (Å²) in [6, 6.07) is 10.6. The minimum atomic E-state index is 0.739. The summed E-state index contributed by atoms with van der Waals surface area (Å²) >= 11 is 0. The molecule has 0 saturated carbocycles. The molecule has 1 atom stereocenters. The molecule has 90 valence electrons. The van der Waals surface area contributed by atoms with Crippen molar-refractivity contribution in [1.29, 1.82) is 0 Å². The van der Waals surface area contributed by atoms with E-state index < -0.39 is 0 Å². The zero-order valence-electron chi connectivity index (χ0n) is 10.5. The summed E-state index contributed by atoms with van der Waals surface area (Å²) in [5, 5.41) is 0. The summed E-state index contributed by atoms with van der Waals surface area (Å²) in [5.74, 6) is 0.739. The second kappa shape index (κ2) is 7.42. The molecule has 16 heavy (non-hydrogen) atoms. The highest BCUT2D eigenvalue weighted by Crippen LogP contribution is 2.08. The smallest absolute Gasteiger partial charge is 0.0230 e. The maximum atomic E-state index is 5.55. The van der Waals surface area contributed by atoms with Gasteiger partial charge in [0, 0.05) is 6.54 Å². The lowest BCUT2D eigenvalue weighted by molar-refractivity contribution is 0.295. The molecule has 2 nitrogen and oxygen atoms in total. The maximum Gasteiger partial charge on any atom is 0.0230 e. The van der Waals surface area contributed by atoms with Gasteiger partial charge < -0.3 is 10.6 Å². The Morgan fingerprint density at radius 1 is 1.19 bits per heavy atom. The lowest BCUT2D eigenvalue weighted by Crippen LogP contribution is -2.21. The van der Waals surface area contributed by atoms with Crippen molar-refractivity contribution in [2.24, 2.45) is 11.7 Å². The molecule has 0 fully saturated rings. The van der Waals surface area contributed by atoms with E-state index in [-0.39, 0.29) is 0 Å². The standard InChI is InChI=1S/C14H24N2/c1-13(8-10-15)9-11-16(2)12-14-6-4-3-5-7-14/h3-7,13H,8-12,15H2,1-2H3. The van der Waals surface area contributed by atoms with Gasteiger partial charge in [0.25, 0.3) is 0 Å². The van der Waals surface area contributed by atoms with Crippen molar-refractivity contribution < 1.29 is 0 Å². The monoisotopic (exact) mass is 220 g/mol. The molecule has 0 spiro atoms. The third-order valence-corrected chi connectivity index (χ3v) is 2.96. The van der Waals surface area contributed by atoms with E-state index in [2.05, 4.69) is 49.2 Å². The van der Waals surface area contributed by atoms with Gasteiger partial charge in [-0.1, -0.05) is 37.3 Å². The number of rotatable bonds is 7. The second-order valence-electron chi connectivity index (χ2n) is 4.69. The van der Waals surface area contributed by atoms with Gasteiger partial charge in [0.05, 0.1) is 0 Å². The highest BCUT2D eigenvalue weighted by molar-refractivity contribution is 5.14. The Morgan fingerprint density at radius 3 is 2.50 bits per heavy atom. The van der Waals surface area contributed by atoms with Crippen LogP contribution in [0.3, 0.4) is 0 Å². The molecule has 0 amide bonds. The Morgan fingerprint density at radius 2 is 1.88 bits per heavy atom. The van der Waals surface area contributed by atoms with Gasteiger partial charge in [-0.05, 0) is 44.5 Å². The van der Waals surface area contributed by atoms with Crippen LogP contribution >= 0.6 is 0 Å². The van der Waals surface area contributed by atoms with E-state index in [9.17, 15) is 0 Å². The van der Waals surface area contributed by atoms with Crippen molar-refractivity contribution >= 4 is 0 Å². The predicted molar refractivity (Wildman–Crippen MR) is 70.2 cm³/mol. The van der Waals surface area contributed by atoms with Crippen LogP contribution in [0, 0.1) is 5.92 Å². The van der Waals surface area contributed by atoms with Crippen LogP contribution in [-0.2, 0) is 6.54 Å². The molecule has 0 heterocycles. The van der Waals surface area contributed by atoms with Gasteiger partial charge in [-0.25, -0.2) is 0 Å². The molecule has 1 aromatic carbocycles. The maximum absolute atomic E-state index is 5.55. The fourth-order valence-corrected chi connectivity index (χ4v) is 1.84. The lowest BCUT2D eigenvalue weighted by Gasteiger charge is -2.19. The molecule has 0 bridgehead atoms. The van der Waals surface area contributed by atoms with Crippen LogP contribution < -0.4 is 5.73 Å². The van der Waals surface area contributed by atoms with Gasteiger partial charge in [0.1, 0.15) is 0 Å². The molecule has 2 heteroatoms. The molecule has 0 aliphatic heterocycles. The van der Waals surface area contributed by atoms with Gasteiger partial charge >= 0.3 is 0 Å². The van der Waals surface area contributed by atoms with E-state index in [1.165, 1.54) is 12.0 Å². The first-order valence-electron chi connectivity index (χ1n) is 6.15. The third-order valence-electron chi connectivity index (χ3n) is 2.96. The van der Waals surface area contributed by atoms with Crippen molar-refractivity contribution in [1.82, 2.24) is 4.90 Å². The molecule has 1 rings (SSSR count). The number of nitrogens with zero attached hydrogens (tertiary/aromatic N) is 1. The summed E-state index contributed by atoms with van der Waals surface area (Å²) in [5.41, 5.74) is 6.93. The molecule has 0 aromatic heterocycles. The minimum Gasteiger partial charge on any atom is -0.330 e. The fourth-order valence-electron chi connectivity index (χ4n) is 1.84. The summed E-state index contributed by atoms with van der Waals surface area (Å²) < 4.78 is 0. The van der Waals surface area contributed by atoms with Crippen LogP contribution in [0.5, 0.6) is 0 Å². The molecular formula is C14H24N2. The molecule has 1 aromatic rings. The first-order chi connectivity index (χ1) is 7.72. The fraction of sp³-hybridized carbons (Fsp3) is 0.571. The van der Waals surface area contributed by atoms with E-state index in [1.807, 2.05) is 0 Å². The van der Waals surface area contributed by atoms with E-state index in [0.717, 1.165) is 32.0 Å². The molecule has 0 aliphatic carbocycles. The normalized spacial score (nSPS) is 13.0. The van der Waals surface area contributed by atoms with E-state index in [0.29, 0.717) is 0 Å². The molecule has 1 unspecified atom stereocenters. The van der Waals surface area contributed by atoms with E-state index in [4.69, 9.17) is 5.73 Å². The average Bonchev–Trinajstić information content (AvgIpc) is 2.28. The second-order valence-corrected chi connectivity index (χ2v) is 4.69. The Balaban J connectivity index is 2.23. The zero-order chi connectivity index (χ0) is 11.8. The van der Waals surface area contributed by atoms with Crippen molar-refractivity contribution in [2.45, 2.75) is 26.3 Å². The summed E-state index contributed by atoms with van der Waals surface area (Å²) in [6.45, 7) is 5.28. The number of nitrogens with two attached hydrogens (primary N) is 1. The number of hydrogen-bond acceptors (Lipinski definition) is 2. The highest BCUT2D eigenvalue weighted by Gasteiger charge is 2.04. The quantitative estimate of drug-likeness (QED) is 0.765. The van der Waals surface area contributed by atoms with Gasteiger partial charge in [0.2, 0.25) is 0 Å². The molecule has 0 aliphatic rings. The van der Waals surface area contributed by atoms with Crippen molar-refractivity contribution in [2.75, 3.05) is 20.1 Å². The predicted octanol–water partition coefficient (Wildman–Crippen LogP) is 2.49. The van der Waals surface area contributed by atoms with Gasteiger partial charge in [-0.15, -0.1) is 0 Å². The summed E-state index contributed by atoms with van der Waals surface area (Å²) in [4.78, 5) is 2.38. The zero-order valence-corrected chi connectivity index (χ0v) is 10.5. The van der Waals surface area contributed by atoms with Crippen LogP contribution in [-0.4, -0.2) is 25.0 Å². The van der Waals surface area contributed by atoms with Crippen molar-refractivity contribution in [3.8, 4) is 0 Å². The topological polar surface area (TPSA) is 29.3 Å². The third kappa shape index (κ3) is 5.29. The summed E-state index contributed by atoms with van der Waals surface area (Å²) in [7, 11) is 2.18. The van der Waals surface area contributed by atoms with E-state index in [1.54, 1.807) is 0 Å². The molecular weight excluding hydrogens is 196 g/mol. The van der Waals surface area contributed by atoms with Gasteiger partial charge in [0.15, 0.2) is 0 Å². The number of benzene rings is 1. The average molecular weight is 220 g/mol. The SMILES string of the molecule is CC(CCN)CCN(C)Cc1ccccc1. The first-order valence-corrected chi connectivity index (χ1v) is 6.15. The molecule has 0 saturated heterocycles. The van der Waals surface area contributed by atoms with Crippen LogP contribution in [0.4, 0.5) is 0 Å². The van der Waals surface area contributed by atoms with Crippen LogP contribution in [0.25, 0.3) is 0 Å². The Labute approximate surface area is 99.5 Å². The molecule has 2 N–H and O–H groups in total. The Kier molecular flexibility index (Phi) is 6.12. The lowest BCUT2D eigenvalue weighted by atomic mass is 10.0. The van der Waals surface area contributed by atoms with E-state index >= 15 is 0 Å². The van der Waals surface area contributed by atoms with Crippen LogP contribution in [0.2, 0.25) is 0 Å². The highest BCUT2D eigenvalue weighted by atomic mass is 15.1. The van der Waals surface area contributed by atoms with Gasteiger partial charge in [-0.2, -0.15) is 0 Å². The largest absolute Gasteiger partial charge is 0.330 e. The Bertz CT molecular complexity index is 271.